The summed E-state index contributed by atoms with van der Waals surface area (Å²) in [5.74, 6) is 11.5. The highest BCUT2D eigenvalue weighted by atomic mass is 79.9. The fraction of sp³-hybridized carbons (Fsp3) is 0.385. The lowest BCUT2D eigenvalue weighted by molar-refractivity contribution is 0.498. The van der Waals surface area contributed by atoms with Crippen LogP contribution in [0.1, 0.15) is 25.3 Å². The van der Waals surface area contributed by atoms with Crippen molar-refractivity contribution in [3.05, 3.63) is 34.3 Å². The van der Waals surface area contributed by atoms with E-state index in [1.807, 2.05) is 6.92 Å². The Labute approximate surface area is 106 Å². The van der Waals surface area contributed by atoms with Crippen molar-refractivity contribution in [2.45, 2.75) is 32.2 Å². The molecule has 1 atom stereocenters. The fourth-order valence-electron chi connectivity index (χ4n) is 1.52. The maximum absolute atomic E-state index is 5.53. The zero-order valence-corrected chi connectivity index (χ0v) is 11.0. The van der Waals surface area contributed by atoms with Crippen LogP contribution < -0.4 is 11.3 Å². The molecule has 1 unspecified atom stereocenters. The predicted molar refractivity (Wildman–Crippen MR) is 71.6 cm³/mol. The second-order valence-corrected chi connectivity index (χ2v) is 4.58. The standard InChI is InChI=1S/C13H17BrN2/c1-2-3-4-5-13(16-15)10-11-6-8-12(14)9-7-11/h6-9,13,16H,4-5,10,15H2,1H3. The highest BCUT2D eigenvalue weighted by molar-refractivity contribution is 9.10. The van der Waals surface area contributed by atoms with Crippen LogP contribution in [0.15, 0.2) is 28.7 Å². The average molecular weight is 281 g/mol. The Kier molecular flexibility index (Phi) is 6.17. The molecule has 2 nitrogen and oxygen atoms in total. The van der Waals surface area contributed by atoms with Gasteiger partial charge in [0.2, 0.25) is 0 Å². The van der Waals surface area contributed by atoms with Gasteiger partial charge in [0.15, 0.2) is 0 Å². The second kappa shape index (κ2) is 7.45. The topological polar surface area (TPSA) is 38.0 Å². The second-order valence-electron chi connectivity index (χ2n) is 3.66. The number of hydrogen-bond donors (Lipinski definition) is 2. The molecule has 0 bridgehead atoms. The van der Waals surface area contributed by atoms with Gasteiger partial charge in [0.1, 0.15) is 0 Å². The molecule has 3 N–H and O–H groups in total. The molecule has 0 heterocycles. The number of nitrogens with two attached hydrogens (primary N) is 1. The first-order valence-corrected chi connectivity index (χ1v) is 6.15. The minimum Gasteiger partial charge on any atom is -0.271 e. The van der Waals surface area contributed by atoms with Crippen LogP contribution in [0.5, 0.6) is 0 Å². The van der Waals surface area contributed by atoms with Gasteiger partial charge in [0, 0.05) is 16.9 Å². The summed E-state index contributed by atoms with van der Waals surface area (Å²) >= 11 is 3.42. The first-order chi connectivity index (χ1) is 7.76. The lowest BCUT2D eigenvalue weighted by Crippen LogP contribution is -2.36. The molecule has 0 amide bonds. The first-order valence-electron chi connectivity index (χ1n) is 5.36. The zero-order valence-electron chi connectivity index (χ0n) is 9.46. The van der Waals surface area contributed by atoms with E-state index in [1.165, 1.54) is 5.56 Å². The molecular formula is C13H17BrN2. The van der Waals surface area contributed by atoms with Gasteiger partial charge in [-0.1, -0.05) is 28.1 Å². The van der Waals surface area contributed by atoms with Crippen molar-refractivity contribution in [1.82, 2.24) is 5.43 Å². The quantitative estimate of drug-likeness (QED) is 0.494. The van der Waals surface area contributed by atoms with Gasteiger partial charge >= 0.3 is 0 Å². The van der Waals surface area contributed by atoms with Crippen molar-refractivity contribution < 1.29 is 0 Å². The Bertz CT molecular complexity index is 362. The molecular weight excluding hydrogens is 264 g/mol. The fourth-order valence-corrected chi connectivity index (χ4v) is 1.79. The molecule has 0 aromatic heterocycles. The van der Waals surface area contributed by atoms with E-state index in [-0.39, 0.29) is 0 Å². The number of hydrogen-bond acceptors (Lipinski definition) is 2. The van der Waals surface area contributed by atoms with Crippen molar-refractivity contribution >= 4 is 15.9 Å². The lowest BCUT2D eigenvalue weighted by Gasteiger charge is -2.14. The van der Waals surface area contributed by atoms with Gasteiger partial charge in [-0.2, -0.15) is 0 Å². The molecule has 1 aromatic rings. The zero-order chi connectivity index (χ0) is 11.8. The van der Waals surface area contributed by atoms with E-state index in [2.05, 4.69) is 57.5 Å². The van der Waals surface area contributed by atoms with Crippen molar-refractivity contribution in [3.63, 3.8) is 0 Å². The Morgan fingerprint density at radius 3 is 2.62 bits per heavy atom. The van der Waals surface area contributed by atoms with E-state index in [0.717, 1.165) is 23.7 Å². The number of rotatable bonds is 5. The number of benzene rings is 1. The largest absolute Gasteiger partial charge is 0.271 e. The van der Waals surface area contributed by atoms with Crippen LogP contribution in [-0.4, -0.2) is 6.04 Å². The van der Waals surface area contributed by atoms with Crippen LogP contribution in [0.4, 0.5) is 0 Å². The van der Waals surface area contributed by atoms with Gasteiger partial charge in [-0.05, 0) is 37.5 Å². The normalized spacial score (nSPS) is 11.7. The summed E-state index contributed by atoms with van der Waals surface area (Å²) in [4.78, 5) is 0. The number of hydrazine groups is 1. The summed E-state index contributed by atoms with van der Waals surface area (Å²) in [5, 5.41) is 0. The minimum absolute atomic E-state index is 0.294. The van der Waals surface area contributed by atoms with E-state index in [0.29, 0.717) is 6.04 Å². The molecule has 0 aliphatic heterocycles. The van der Waals surface area contributed by atoms with Crippen molar-refractivity contribution in [2.24, 2.45) is 5.84 Å². The Hall–Kier alpha value is -0.820. The summed E-state index contributed by atoms with van der Waals surface area (Å²) in [6.07, 6.45) is 2.81. The highest BCUT2D eigenvalue weighted by Crippen LogP contribution is 2.13. The average Bonchev–Trinajstić information content (AvgIpc) is 2.31. The van der Waals surface area contributed by atoms with Crippen LogP contribution in [0.2, 0.25) is 0 Å². The molecule has 0 saturated carbocycles. The van der Waals surface area contributed by atoms with Crippen molar-refractivity contribution in [1.29, 1.82) is 0 Å². The monoisotopic (exact) mass is 280 g/mol. The van der Waals surface area contributed by atoms with E-state index in [1.54, 1.807) is 0 Å². The van der Waals surface area contributed by atoms with Gasteiger partial charge in [-0.15, -0.1) is 11.8 Å². The van der Waals surface area contributed by atoms with Gasteiger partial charge in [0.25, 0.3) is 0 Å². The van der Waals surface area contributed by atoms with Gasteiger partial charge < -0.3 is 0 Å². The number of nitrogens with one attached hydrogen (secondary N) is 1. The van der Waals surface area contributed by atoms with Crippen LogP contribution in [0.3, 0.4) is 0 Å². The lowest BCUT2D eigenvalue weighted by atomic mass is 10.0. The van der Waals surface area contributed by atoms with E-state index in [4.69, 9.17) is 5.84 Å². The van der Waals surface area contributed by atoms with E-state index >= 15 is 0 Å². The molecule has 0 aliphatic carbocycles. The van der Waals surface area contributed by atoms with E-state index < -0.39 is 0 Å². The smallest absolute Gasteiger partial charge is 0.0259 e. The summed E-state index contributed by atoms with van der Waals surface area (Å²) in [7, 11) is 0. The van der Waals surface area contributed by atoms with Crippen molar-refractivity contribution in [3.8, 4) is 11.8 Å². The molecule has 1 aromatic carbocycles. The summed E-state index contributed by atoms with van der Waals surface area (Å²) < 4.78 is 1.10. The molecule has 0 saturated heterocycles. The summed E-state index contributed by atoms with van der Waals surface area (Å²) in [6.45, 7) is 1.86. The highest BCUT2D eigenvalue weighted by Gasteiger charge is 2.06. The Balaban J connectivity index is 2.48. The molecule has 3 heteroatoms. The van der Waals surface area contributed by atoms with Crippen LogP contribution in [0.25, 0.3) is 0 Å². The SMILES string of the molecule is CC#CCCC(Cc1ccc(Br)cc1)NN. The summed E-state index contributed by atoms with van der Waals surface area (Å²) in [5.41, 5.74) is 4.13. The third kappa shape index (κ3) is 4.80. The Morgan fingerprint density at radius 1 is 1.38 bits per heavy atom. The number of halogens is 1. The van der Waals surface area contributed by atoms with Crippen LogP contribution in [0, 0.1) is 11.8 Å². The minimum atomic E-state index is 0.294. The third-order valence-corrected chi connectivity index (χ3v) is 2.95. The maximum atomic E-state index is 5.53. The van der Waals surface area contributed by atoms with Gasteiger partial charge in [-0.3, -0.25) is 11.3 Å². The molecule has 0 spiro atoms. The molecule has 1 rings (SSSR count). The Morgan fingerprint density at radius 2 is 2.06 bits per heavy atom. The van der Waals surface area contributed by atoms with Crippen LogP contribution >= 0.6 is 15.9 Å². The third-order valence-electron chi connectivity index (χ3n) is 2.43. The molecule has 86 valence electrons. The molecule has 0 fully saturated rings. The first kappa shape index (κ1) is 13.2. The predicted octanol–water partition coefficient (Wildman–Crippen LogP) is 2.63. The molecule has 16 heavy (non-hydrogen) atoms. The summed E-state index contributed by atoms with van der Waals surface area (Å²) in [6, 6.07) is 8.62. The van der Waals surface area contributed by atoms with Gasteiger partial charge in [0.05, 0.1) is 0 Å². The van der Waals surface area contributed by atoms with Gasteiger partial charge in [-0.25, -0.2) is 0 Å². The molecule has 0 radical (unpaired) electrons. The maximum Gasteiger partial charge on any atom is 0.0259 e. The molecule has 0 aliphatic rings. The van der Waals surface area contributed by atoms with Crippen molar-refractivity contribution in [2.75, 3.05) is 0 Å². The van der Waals surface area contributed by atoms with Crippen LogP contribution in [-0.2, 0) is 6.42 Å². The van der Waals surface area contributed by atoms with E-state index in [9.17, 15) is 0 Å².